The lowest BCUT2D eigenvalue weighted by atomic mass is 10.1. The van der Waals surface area contributed by atoms with Gasteiger partial charge in [-0.05, 0) is 31.9 Å². The number of hydrogen-bond acceptors (Lipinski definition) is 1. The minimum atomic E-state index is 0.0897. The summed E-state index contributed by atoms with van der Waals surface area (Å²) < 4.78 is 2.10. The number of nitrogens with zero attached hydrogens (tertiary/aromatic N) is 1. The first-order valence-electron chi connectivity index (χ1n) is 5.89. The maximum Gasteiger partial charge on any atom is 0.185 e. The van der Waals surface area contributed by atoms with E-state index in [0.29, 0.717) is 5.33 Å². The van der Waals surface area contributed by atoms with Gasteiger partial charge in [0.05, 0.1) is 5.69 Å². The van der Waals surface area contributed by atoms with Gasteiger partial charge in [-0.1, -0.05) is 34.1 Å². The minimum absolute atomic E-state index is 0.0897. The van der Waals surface area contributed by atoms with Gasteiger partial charge in [0.15, 0.2) is 5.43 Å². The van der Waals surface area contributed by atoms with Crippen LogP contribution in [0.4, 0.5) is 0 Å². The predicted octanol–water partition coefficient (Wildman–Crippen LogP) is 3.66. The van der Waals surface area contributed by atoms with Gasteiger partial charge in [0.25, 0.3) is 0 Å². The molecule has 0 aliphatic carbocycles. The van der Waals surface area contributed by atoms with Crippen LogP contribution in [0.3, 0.4) is 0 Å². The topological polar surface area (TPSA) is 22.0 Å². The van der Waals surface area contributed by atoms with Crippen molar-refractivity contribution in [1.29, 1.82) is 0 Å². The molecule has 0 unspecified atom stereocenters. The number of benzene rings is 1. The number of para-hydroxylation sites is 1. The zero-order valence-electron chi connectivity index (χ0n) is 10.8. The van der Waals surface area contributed by atoms with Gasteiger partial charge in [-0.25, -0.2) is 0 Å². The van der Waals surface area contributed by atoms with Gasteiger partial charge in [-0.15, -0.1) is 0 Å². The molecule has 0 radical (unpaired) electrons. The van der Waals surface area contributed by atoms with E-state index in [-0.39, 0.29) is 5.43 Å². The van der Waals surface area contributed by atoms with Crippen molar-refractivity contribution < 1.29 is 0 Å². The highest BCUT2D eigenvalue weighted by Gasteiger charge is 2.08. The fraction of sp³-hybridized carbons (Fsp3) is 0.267. The standard InChI is InChI=1S/C15H16BrNO/c1-10-5-4-6-11(2)15(10)17-9-13(8-16)14(18)7-12(17)3/h4-7,9H,8H2,1-3H3. The molecule has 2 aromatic rings. The summed E-state index contributed by atoms with van der Waals surface area (Å²) >= 11 is 3.36. The highest BCUT2D eigenvalue weighted by molar-refractivity contribution is 9.08. The number of rotatable bonds is 2. The molecule has 0 amide bonds. The Morgan fingerprint density at radius 3 is 2.33 bits per heavy atom. The predicted molar refractivity (Wildman–Crippen MR) is 78.9 cm³/mol. The van der Waals surface area contributed by atoms with Crippen molar-refractivity contribution in [2.45, 2.75) is 26.1 Å². The third-order valence-corrected chi connectivity index (χ3v) is 3.75. The van der Waals surface area contributed by atoms with Gasteiger partial charge in [-0.3, -0.25) is 4.79 Å². The van der Waals surface area contributed by atoms with E-state index in [2.05, 4.69) is 52.5 Å². The highest BCUT2D eigenvalue weighted by Crippen LogP contribution is 2.20. The Morgan fingerprint density at radius 2 is 1.78 bits per heavy atom. The summed E-state index contributed by atoms with van der Waals surface area (Å²) in [6, 6.07) is 7.93. The number of halogens is 1. The molecule has 94 valence electrons. The van der Waals surface area contributed by atoms with Crippen molar-refractivity contribution in [3.63, 3.8) is 0 Å². The van der Waals surface area contributed by atoms with E-state index in [1.165, 1.54) is 11.1 Å². The quantitative estimate of drug-likeness (QED) is 0.776. The molecule has 18 heavy (non-hydrogen) atoms. The third-order valence-electron chi connectivity index (χ3n) is 3.15. The summed E-state index contributed by atoms with van der Waals surface area (Å²) in [7, 11) is 0. The Kier molecular flexibility index (Phi) is 3.71. The molecule has 1 heterocycles. The number of hydrogen-bond donors (Lipinski definition) is 0. The van der Waals surface area contributed by atoms with E-state index >= 15 is 0 Å². The number of alkyl halides is 1. The lowest BCUT2D eigenvalue weighted by Gasteiger charge is -2.17. The van der Waals surface area contributed by atoms with Crippen LogP contribution in [0, 0.1) is 20.8 Å². The lowest BCUT2D eigenvalue weighted by molar-refractivity contribution is 0.937. The van der Waals surface area contributed by atoms with Crippen LogP contribution in [0.5, 0.6) is 0 Å². The Hall–Kier alpha value is -1.35. The Morgan fingerprint density at radius 1 is 1.17 bits per heavy atom. The molecule has 3 heteroatoms. The maximum atomic E-state index is 11.8. The molecule has 1 aromatic carbocycles. The second-order valence-electron chi connectivity index (χ2n) is 4.55. The summed E-state index contributed by atoms with van der Waals surface area (Å²) in [6.45, 7) is 6.15. The largest absolute Gasteiger partial charge is 0.320 e. The fourth-order valence-electron chi connectivity index (χ4n) is 2.20. The summed E-state index contributed by atoms with van der Waals surface area (Å²) in [6.07, 6.45) is 1.93. The van der Waals surface area contributed by atoms with Gasteiger partial charge in [0, 0.05) is 28.9 Å². The molecule has 0 atom stereocenters. The Labute approximate surface area is 115 Å². The van der Waals surface area contributed by atoms with Crippen molar-refractivity contribution in [2.24, 2.45) is 0 Å². The van der Waals surface area contributed by atoms with E-state index in [4.69, 9.17) is 0 Å². The van der Waals surface area contributed by atoms with E-state index in [1.54, 1.807) is 6.07 Å². The van der Waals surface area contributed by atoms with Crippen LogP contribution in [0.2, 0.25) is 0 Å². The maximum absolute atomic E-state index is 11.8. The first-order valence-corrected chi connectivity index (χ1v) is 7.01. The monoisotopic (exact) mass is 305 g/mol. The van der Waals surface area contributed by atoms with Crippen molar-refractivity contribution in [1.82, 2.24) is 4.57 Å². The van der Waals surface area contributed by atoms with Gasteiger partial charge >= 0.3 is 0 Å². The van der Waals surface area contributed by atoms with Crippen LogP contribution in [0.1, 0.15) is 22.4 Å². The van der Waals surface area contributed by atoms with Gasteiger partial charge in [0.2, 0.25) is 0 Å². The van der Waals surface area contributed by atoms with Crippen LogP contribution >= 0.6 is 15.9 Å². The normalized spacial score (nSPS) is 10.7. The van der Waals surface area contributed by atoms with Gasteiger partial charge < -0.3 is 4.57 Å². The average molecular weight is 306 g/mol. The Bertz CT molecular complexity index is 623. The summed E-state index contributed by atoms with van der Waals surface area (Å²) in [4.78, 5) is 11.8. The molecule has 2 nitrogen and oxygen atoms in total. The zero-order valence-corrected chi connectivity index (χ0v) is 12.4. The molecule has 0 fully saturated rings. The van der Waals surface area contributed by atoms with Gasteiger partial charge in [-0.2, -0.15) is 0 Å². The smallest absolute Gasteiger partial charge is 0.185 e. The molecule has 0 saturated carbocycles. The van der Waals surface area contributed by atoms with Crippen LogP contribution in [0.15, 0.2) is 35.3 Å². The van der Waals surface area contributed by atoms with Crippen LogP contribution in [-0.2, 0) is 5.33 Å². The molecule has 0 spiro atoms. The SMILES string of the molecule is Cc1cccc(C)c1-n1cc(CBr)c(=O)cc1C. The second kappa shape index (κ2) is 5.11. The second-order valence-corrected chi connectivity index (χ2v) is 5.11. The first-order chi connectivity index (χ1) is 8.54. The molecule has 0 saturated heterocycles. The van der Waals surface area contributed by atoms with Crippen LogP contribution in [-0.4, -0.2) is 4.57 Å². The number of aromatic nitrogens is 1. The lowest BCUT2D eigenvalue weighted by Crippen LogP contribution is -2.14. The molecule has 1 aromatic heterocycles. The van der Waals surface area contributed by atoms with Crippen molar-refractivity contribution >= 4 is 15.9 Å². The molecule has 0 aliphatic heterocycles. The van der Waals surface area contributed by atoms with Crippen molar-refractivity contribution in [2.75, 3.05) is 0 Å². The molecule has 2 rings (SSSR count). The molecular formula is C15H16BrNO. The van der Waals surface area contributed by atoms with E-state index in [9.17, 15) is 4.79 Å². The summed E-state index contributed by atoms with van der Waals surface area (Å²) in [5.41, 5.74) is 5.42. The third kappa shape index (κ3) is 2.27. The van der Waals surface area contributed by atoms with Crippen molar-refractivity contribution in [3.05, 3.63) is 63.1 Å². The zero-order chi connectivity index (χ0) is 13.3. The average Bonchev–Trinajstić information content (AvgIpc) is 2.31. The summed E-state index contributed by atoms with van der Waals surface area (Å²) in [5, 5.41) is 0.580. The molecule has 0 aliphatic rings. The first kappa shape index (κ1) is 13.1. The number of aryl methyl sites for hydroxylation is 3. The van der Waals surface area contributed by atoms with Crippen LogP contribution < -0.4 is 5.43 Å². The molecule has 0 bridgehead atoms. The fourth-order valence-corrected chi connectivity index (χ4v) is 2.62. The molecular weight excluding hydrogens is 290 g/mol. The van der Waals surface area contributed by atoms with E-state index in [1.807, 2.05) is 13.1 Å². The number of pyridine rings is 1. The van der Waals surface area contributed by atoms with E-state index in [0.717, 1.165) is 16.9 Å². The Balaban J connectivity index is 2.75. The summed E-state index contributed by atoms with van der Waals surface area (Å²) in [5.74, 6) is 0. The van der Waals surface area contributed by atoms with E-state index < -0.39 is 0 Å². The molecule has 0 N–H and O–H groups in total. The van der Waals surface area contributed by atoms with Crippen LogP contribution in [0.25, 0.3) is 5.69 Å². The van der Waals surface area contributed by atoms with Crippen molar-refractivity contribution in [3.8, 4) is 5.69 Å². The van der Waals surface area contributed by atoms with Gasteiger partial charge in [0.1, 0.15) is 0 Å². The minimum Gasteiger partial charge on any atom is -0.320 e. The highest BCUT2D eigenvalue weighted by atomic mass is 79.9.